The predicted octanol–water partition coefficient (Wildman–Crippen LogP) is -4.13. The Bertz CT molecular complexity index is 744. The molecule has 0 spiro atoms. The Morgan fingerprint density at radius 1 is 1.34 bits per heavy atom. The minimum absolute atomic E-state index is 0. The molecular formula is C16H21N3NaO8S+. The van der Waals surface area contributed by atoms with Crippen LogP contribution < -0.4 is 40.6 Å². The second-order valence-electron chi connectivity index (χ2n) is 6.33. The Kier molecular flexibility index (Phi) is 9.62. The van der Waals surface area contributed by atoms with Crippen molar-refractivity contribution in [3.05, 3.63) is 11.3 Å². The van der Waals surface area contributed by atoms with Crippen molar-refractivity contribution in [2.24, 2.45) is 5.73 Å². The minimum atomic E-state index is -1.31. The molecule has 1 saturated heterocycles. The number of rotatable bonds is 9. The summed E-state index contributed by atoms with van der Waals surface area (Å²) in [5, 5.41) is 20.1. The second kappa shape index (κ2) is 11.0. The van der Waals surface area contributed by atoms with Crippen molar-refractivity contribution in [1.29, 1.82) is 0 Å². The number of hydrogen-bond acceptors (Lipinski definition) is 8. The number of aliphatic carboxylic acids is 2. The molecule has 0 aromatic carbocycles. The number of nitrogens with two attached hydrogens (primary N) is 1. The molecule has 0 aromatic heterocycles. The van der Waals surface area contributed by atoms with E-state index in [0.717, 1.165) is 4.90 Å². The van der Waals surface area contributed by atoms with Crippen LogP contribution in [0.4, 0.5) is 0 Å². The van der Waals surface area contributed by atoms with E-state index in [1.165, 1.54) is 18.7 Å². The van der Waals surface area contributed by atoms with Crippen LogP contribution in [0, 0.1) is 0 Å². The quantitative estimate of drug-likeness (QED) is 0.157. The molecule has 13 heteroatoms. The number of amides is 2. The predicted molar refractivity (Wildman–Crippen MR) is 95.8 cm³/mol. The number of β-lactam (4-membered cyclic amide) rings is 1. The first-order valence-electron chi connectivity index (χ1n) is 8.44. The molecule has 0 radical (unpaired) electrons. The van der Waals surface area contributed by atoms with E-state index in [2.05, 4.69) is 5.32 Å². The maximum Gasteiger partial charge on any atom is 1.00 e. The maximum atomic E-state index is 12.4. The van der Waals surface area contributed by atoms with Gasteiger partial charge in [-0.25, -0.2) is 4.79 Å². The summed E-state index contributed by atoms with van der Waals surface area (Å²) in [6.07, 6.45) is 0.368. The summed E-state index contributed by atoms with van der Waals surface area (Å²) < 4.78 is 4.84. The number of hydrogen-bond donors (Lipinski definition) is 4. The summed E-state index contributed by atoms with van der Waals surface area (Å²) in [6, 6.07) is -1.92. The number of carbonyl (C=O) groups excluding carboxylic acids is 3. The fraction of sp³-hybridized carbons (Fsp3) is 0.562. The van der Waals surface area contributed by atoms with Crippen LogP contribution in [0.2, 0.25) is 0 Å². The summed E-state index contributed by atoms with van der Waals surface area (Å²) >= 11 is 1.26. The molecule has 5 N–H and O–H groups in total. The Hall–Kier alpha value is -1.60. The van der Waals surface area contributed by atoms with Gasteiger partial charge in [-0.2, -0.15) is 0 Å². The largest absolute Gasteiger partial charge is 1.00 e. The van der Waals surface area contributed by atoms with E-state index in [4.69, 9.17) is 15.6 Å². The number of esters is 1. The van der Waals surface area contributed by atoms with E-state index in [9.17, 15) is 29.1 Å². The third-order valence-electron chi connectivity index (χ3n) is 4.25. The standard InChI is InChI=1S/C16H21N3O8S.Na/c1-7(20)27-5-8-6-28-14-11(13(22)19(14)12(8)16(25)26)18-10(21)4-2-3-9(17)15(23)24;/h9,11,14H,2-6,17H2,1H3,(H,18,21)(H,23,24)(H,25,26);/q;+1. The van der Waals surface area contributed by atoms with Crippen LogP contribution in [-0.4, -0.2) is 74.7 Å². The van der Waals surface area contributed by atoms with E-state index < -0.39 is 47.2 Å². The van der Waals surface area contributed by atoms with Gasteiger partial charge in [-0.15, -0.1) is 11.8 Å². The SMILES string of the molecule is CC(=O)OCC1=C(C(=O)O)N2C(=O)C(NC(=O)CCCC(N)C(=O)O)C2SC1.[Na+]. The smallest absolute Gasteiger partial charge is 0.480 e. The molecule has 1 fully saturated rings. The van der Waals surface area contributed by atoms with E-state index >= 15 is 0 Å². The molecule has 3 atom stereocenters. The number of carbonyl (C=O) groups is 5. The number of carboxylic acids is 2. The van der Waals surface area contributed by atoms with Crippen LogP contribution in [0.3, 0.4) is 0 Å². The third-order valence-corrected chi connectivity index (χ3v) is 5.59. The van der Waals surface area contributed by atoms with E-state index in [-0.39, 0.29) is 66.9 Å². The molecule has 2 aliphatic heterocycles. The number of nitrogens with one attached hydrogen (secondary N) is 1. The summed E-state index contributed by atoms with van der Waals surface area (Å²) in [6.45, 7) is 0.977. The van der Waals surface area contributed by atoms with Crippen molar-refractivity contribution >= 4 is 41.5 Å². The van der Waals surface area contributed by atoms with E-state index in [1.54, 1.807) is 0 Å². The molecule has 154 valence electrons. The van der Waals surface area contributed by atoms with Crippen molar-refractivity contribution in [3.63, 3.8) is 0 Å². The van der Waals surface area contributed by atoms with Gasteiger partial charge in [0.1, 0.15) is 29.8 Å². The molecule has 0 bridgehead atoms. The number of thioether (sulfide) groups is 1. The van der Waals surface area contributed by atoms with Crippen molar-refractivity contribution < 1.29 is 68.5 Å². The van der Waals surface area contributed by atoms with Gasteiger partial charge >= 0.3 is 47.5 Å². The van der Waals surface area contributed by atoms with Crippen molar-refractivity contribution in [1.82, 2.24) is 10.2 Å². The van der Waals surface area contributed by atoms with Gasteiger partial charge in [0, 0.05) is 24.7 Å². The Morgan fingerprint density at radius 3 is 2.55 bits per heavy atom. The second-order valence-corrected chi connectivity index (χ2v) is 7.43. The van der Waals surface area contributed by atoms with Gasteiger partial charge < -0.3 is 26.0 Å². The normalized spacial score (nSPS) is 21.3. The summed E-state index contributed by atoms with van der Waals surface area (Å²) in [7, 11) is 0. The van der Waals surface area contributed by atoms with Crippen LogP contribution in [0.1, 0.15) is 26.2 Å². The van der Waals surface area contributed by atoms with E-state index in [1.807, 2.05) is 0 Å². The van der Waals surface area contributed by atoms with Crippen molar-refractivity contribution in [2.45, 2.75) is 43.6 Å². The minimum Gasteiger partial charge on any atom is -0.480 e. The molecule has 0 aliphatic carbocycles. The zero-order chi connectivity index (χ0) is 21.0. The average molecular weight is 438 g/mol. The molecule has 2 aliphatic rings. The number of fused-ring (bicyclic) bond motifs is 1. The first-order chi connectivity index (χ1) is 13.1. The number of ether oxygens (including phenoxy) is 1. The number of carboxylic acid groups (broad SMARTS) is 2. The molecule has 2 rings (SSSR count). The zero-order valence-corrected chi connectivity index (χ0v) is 18.9. The van der Waals surface area contributed by atoms with Gasteiger partial charge in [-0.3, -0.25) is 24.1 Å². The van der Waals surface area contributed by atoms with Gasteiger partial charge in [0.15, 0.2) is 0 Å². The molecule has 0 aromatic rings. The first kappa shape index (κ1) is 25.4. The fourth-order valence-electron chi connectivity index (χ4n) is 2.83. The van der Waals surface area contributed by atoms with E-state index in [0.29, 0.717) is 5.57 Å². The topological polar surface area (TPSA) is 176 Å². The average Bonchev–Trinajstić information content (AvgIpc) is 2.62. The summed E-state index contributed by atoms with van der Waals surface area (Å²) in [5.41, 5.74) is 5.44. The molecular weight excluding hydrogens is 417 g/mol. The summed E-state index contributed by atoms with van der Waals surface area (Å²) in [5.74, 6) is -3.79. The van der Waals surface area contributed by atoms with Gasteiger partial charge in [-0.05, 0) is 12.8 Å². The zero-order valence-electron chi connectivity index (χ0n) is 16.0. The van der Waals surface area contributed by atoms with Crippen LogP contribution in [0.15, 0.2) is 11.3 Å². The van der Waals surface area contributed by atoms with Crippen molar-refractivity contribution in [2.75, 3.05) is 12.4 Å². The van der Waals surface area contributed by atoms with Gasteiger partial charge in [-0.1, -0.05) is 0 Å². The molecule has 29 heavy (non-hydrogen) atoms. The monoisotopic (exact) mass is 438 g/mol. The maximum absolute atomic E-state index is 12.4. The first-order valence-corrected chi connectivity index (χ1v) is 9.49. The Balaban J connectivity index is 0.00000420. The van der Waals surface area contributed by atoms with Gasteiger partial charge in [0.25, 0.3) is 5.91 Å². The van der Waals surface area contributed by atoms with Crippen molar-refractivity contribution in [3.8, 4) is 0 Å². The summed E-state index contributed by atoms with van der Waals surface area (Å²) in [4.78, 5) is 58.7. The molecule has 3 unspecified atom stereocenters. The molecule has 0 saturated carbocycles. The third kappa shape index (κ3) is 6.19. The Morgan fingerprint density at radius 2 is 2.00 bits per heavy atom. The van der Waals surface area contributed by atoms with Crippen LogP contribution in [0.5, 0.6) is 0 Å². The van der Waals surface area contributed by atoms with Gasteiger partial charge in [0.05, 0.1) is 0 Å². The molecule has 11 nitrogen and oxygen atoms in total. The fourth-order valence-corrected chi connectivity index (χ4v) is 4.16. The van der Waals surface area contributed by atoms with Crippen LogP contribution in [-0.2, 0) is 28.7 Å². The van der Waals surface area contributed by atoms with Gasteiger partial charge in [0.2, 0.25) is 5.91 Å². The Labute approximate surface area is 192 Å². The molecule has 2 amide bonds. The van der Waals surface area contributed by atoms with Crippen LogP contribution >= 0.6 is 11.8 Å². The van der Waals surface area contributed by atoms with Crippen LogP contribution in [0.25, 0.3) is 0 Å². The molecule has 2 heterocycles. The number of nitrogens with zero attached hydrogens (tertiary/aromatic N) is 1.